The van der Waals surface area contributed by atoms with Crippen LogP contribution >= 0.6 is 11.6 Å². The van der Waals surface area contributed by atoms with E-state index in [4.69, 9.17) is 11.6 Å². The molecule has 0 aliphatic heterocycles. The fourth-order valence-corrected chi connectivity index (χ4v) is 0.379. The van der Waals surface area contributed by atoms with Crippen LogP contribution in [0.25, 0.3) is 0 Å². The Balaban J connectivity index is 0.000000640. The van der Waals surface area contributed by atoms with Crippen molar-refractivity contribution in [2.75, 3.05) is 0 Å². The Morgan fingerprint density at radius 1 is 1.44 bits per heavy atom. The molecule has 0 saturated carbocycles. The van der Waals surface area contributed by atoms with Crippen LogP contribution in [0.5, 0.6) is 6.01 Å². The average Bonchev–Trinajstić information content (AvgIpc) is 1.64. The van der Waals surface area contributed by atoms with E-state index in [0.29, 0.717) is 0 Å². The van der Waals surface area contributed by atoms with Crippen molar-refractivity contribution in [1.29, 1.82) is 0 Å². The molecule has 0 aromatic carbocycles. The molecule has 0 unspecified atom stereocenters. The van der Waals surface area contributed by atoms with Gasteiger partial charge >= 0.3 is 29.6 Å². The van der Waals surface area contributed by atoms with Gasteiger partial charge in [-0.2, -0.15) is 0 Å². The first kappa shape index (κ1) is 9.10. The Labute approximate surface area is 78.6 Å². The molecule has 0 fully saturated rings. The fraction of sp³-hybridized carbons (Fsp3) is 0. The van der Waals surface area contributed by atoms with Gasteiger partial charge in [0.2, 0.25) is 5.28 Å². The molecule has 1 heterocycles. The quantitative estimate of drug-likeness (QED) is 0.365. The van der Waals surface area contributed by atoms with E-state index < -0.39 is 6.01 Å². The van der Waals surface area contributed by atoms with Crippen LogP contribution in [0.15, 0.2) is 6.33 Å². The Morgan fingerprint density at radius 2 is 2.11 bits per heavy atom. The normalized spacial score (nSPS) is 8.11. The summed E-state index contributed by atoms with van der Waals surface area (Å²) >= 11 is 5.18. The zero-order valence-electron chi connectivity index (χ0n) is 4.71. The van der Waals surface area contributed by atoms with Crippen LogP contribution in [0.4, 0.5) is 0 Å². The predicted octanol–water partition coefficient (Wildman–Crippen LogP) is -3.40. The van der Waals surface area contributed by atoms with Crippen molar-refractivity contribution in [2.24, 2.45) is 0 Å². The summed E-state index contributed by atoms with van der Waals surface area (Å²) in [7, 11) is 0. The third kappa shape index (κ3) is 2.95. The first-order valence-corrected chi connectivity index (χ1v) is 2.18. The van der Waals surface area contributed by atoms with E-state index in [9.17, 15) is 5.11 Å². The van der Waals surface area contributed by atoms with E-state index in [0.717, 1.165) is 6.33 Å². The van der Waals surface area contributed by atoms with Gasteiger partial charge in [-0.15, -0.1) is 0 Å². The van der Waals surface area contributed by atoms with Gasteiger partial charge in [0.15, 0.2) is 0 Å². The largest absolute Gasteiger partial charge is 1.00 e. The average molecular weight is 154 g/mol. The molecule has 0 N–H and O–H groups in total. The van der Waals surface area contributed by atoms with Gasteiger partial charge in [0.05, 0.1) is 6.01 Å². The second kappa shape index (κ2) is 4.00. The monoisotopic (exact) mass is 153 g/mol. The Morgan fingerprint density at radius 3 is 2.44 bits per heavy atom. The van der Waals surface area contributed by atoms with Crippen molar-refractivity contribution in [3.8, 4) is 6.01 Å². The maximum Gasteiger partial charge on any atom is 1.00 e. The summed E-state index contributed by atoms with van der Waals surface area (Å²) in [6, 6.07) is -0.606. The first-order chi connectivity index (χ1) is 3.79. The molecule has 9 heavy (non-hydrogen) atoms. The minimum Gasteiger partial charge on any atom is -0.844 e. The molecule has 0 aliphatic rings. The number of nitrogens with zero attached hydrogens (tertiary/aromatic N) is 3. The van der Waals surface area contributed by atoms with Gasteiger partial charge in [0, 0.05) is 0 Å². The van der Waals surface area contributed by atoms with Crippen molar-refractivity contribution >= 4 is 11.6 Å². The van der Waals surface area contributed by atoms with Crippen LogP contribution in [0.3, 0.4) is 0 Å². The van der Waals surface area contributed by atoms with Crippen LogP contribution in [0.2, 0.25) is 5.28 Å². The summed E-state index contributed by atoms with van der Waals surface area (Å²) < 4.78 is 0. The molecule has 1 aromatic heterocycles. The molecule has 1 aromatic rings. The molecule has 0 radical (unpaired) electrons. The van der Waals surface area contributed by atoms with E-state index in [1.165, 1.54) is 0 Å². The van der Waals surface area contributed by atoms with Gasteiger partial charge in [-0.05, 0) is 11.6 Å². The van der Waals surface area contributed by atoms with Gasteiger partial charge in [-0.1, -0.05) is 0 Å². The van der Waals surface area contributed by atoms with Crippen LogP contribution in [-0.2, 0) is 0 Å². The van der Waals surface area contributed by atoms with E-state index >= 15 is 0 Å². The number of rotatable bonds is 0. The van der Waals surface area contributed by atoms with Gasteiger partial charge in [0.1, 0.15) is 6.33 Å². The number of halogens is 1. The summed E-state index contributed by atoms with van der Waals surface area (Å²) in [5.41, 5.74) is 0. The van der Waals surface area contributed by atoms with Crippen LogP contribution in [0.1, 0.15) is 0 Å². The van der Waals surface area contributed by atoms with Gasteiger partial charge in [-0.3, -0.25) is 0 Å². The Hall–Kier alpha value is 0.100. The molecule has 0 saturated heterocycles. The SMILES string of the molecule is [Na+].[O-]c1ncnc(Cl)n1. The minimum absolute atomic E-state index is 0. The molecule has 42 valence electrons. The van der Waals surface area contributed by atoms with Gasteiger partial charge in [0.25, 0.3) is 0 Å². The molecular formula is C3HClN3NaO. The maximum absolute atomic E-state index is 10.1. The number of hydrogen-bond donors (Lipinski definition) is 0. The molecule has 0 spiro atoms. The zero-order valence-corrected chi connectivity index (χ0v) is 7.46. The van der Waals surface area contributed by atoms with Crippen LogP contribution < -0.4 is 34.7 Å². The van der Waals surface area contributed by atoms with E-state index in [1.807, 2.05) is 0 Å². The van der Waals surface area contributed by atoms with E-state index in [1.54, 1.807) is 0 Å². The molecule has 1 rings (SSSR count). The van der Waals surface area contributed by atoms with Crippen molar-refractivity contribution in [2.45, 2.75) is 0 Å². The summed E-state index contributed by atoms with van der Waals surface area (Å²) in [5, 5.41) is 10.1. The smallest absolute Gasteiger partial charge is 0.844 e. The standard InChI is InChI=1S/C3H2ClN3O.Na/c4-2-5-1-6-3(8)7-2;/h1H,(H,5,6,7,8);/q;+1/p-1. The zero-order chi connectivity index (χ0) is 5.98. The van der Waals surface area contributed by atoms with Gasteiger partial charge in [-0.25, -0.2) is 15.0 Å². The minimum atomic E-state index is -0.606. The van der Waals surface area contributed by atoms with E-state index in [2.05, 4.69) is 15.0 Å². The number of hydrogen-bond acceptors (Lipinski definition) is 4. The third-order valence-electron chi connectivity index (χ3n) is 0.520. The summed E-state index contributed by atoms with van der Waals surface area (Å²) in [4.78, 5) is 9.72. The van der Waals surface area contributed by atoms with Crippen LogP contribution in [-0.4, -0.2) is 15.0 Å². The molecule has 6 heteroatoms. The first-order valence-electron chi connectivity index (χ1n) is 1.80. The molecule has 4 nitrogen and oxygen atoms in total. The van der Waals surface area contributed by atoms with Crippen molar-refractivity contribution in [3.63, 3.8) is 0 Å². The van der Waals surface area contributed by atoms with Gasteiger partial charge < -0.3 is 5.11 Å². The Bertz CT molecular complexity index is 179. The Kier molecular flexibility index (Phi) is 4.05. The number of aromatic nitrogens is 3. The molecule has 0 atom stereocenters. The summed E-state index contributed by atoms with van der Waals surface area (Å²) in [6.07, 6.45) is 1.07. The third-order valence-corrected chi connectivity index (χ3v) is 0.702. The second-order valence-electron chi connectivity index (χ2n) is 1.04. The molecular weight excluding hydrogens is 152 g/mol. The summed E-state index contributed by atoms with van der Waals surface area (Å²) in [5.74, 6) is 0. The fourth-order valence-electron chi connectivity index (χ4n) is 0.263. The van der Waals surface area contributed by atoms with Crippen molar-refractivity contribution < 1.29 is 34.7 Å². The summed E-state index contributed by atoms with van der Waals surface area (Å²) in [6.45, 7) is 0. The topological polar surface area (TPSA) is 61.7 Å². The maximum atomic E-state index is 10.1. The predicted molar refractivity (Wildman–Crippen MR) is 24.3 cm³/mol. The van der Waals surface area contributed by atoms with E-state index in [-0.39, 0.29) is 34.8 Å². The molecule has 0 bridgehead atoms. The molecule has 0 aliphatic carbocycles. The van der Waals surface area contributed by atoms with Crippen molar-refractivity contribution in [3.05, 3.63) is 11.6 Å². The second-order valence-corrected chi connectivity index (χ2v) is 1.38. The van der Waals surface area contributed by atoms with Crippen molar-refractivity contribution in [1.82, 2.24) is 15.0 Å². The van der Waals surface area contributed by atoms with Crippen LogP contribution in [0, 0.1) is 0 Å². The molecule has 0 amide bonds.